The molecular weight excluding hydrogens is 442 g/mol. The summed E-state index contributed by atoms with van der Waals surface area (Å²) in [4.78, 5) is 42.3. The number of amides is 3. The van der Waals surface area contributed by atoms with Crippen molar-refractivity contribution in [2.75, 3.05) is 11.9 Å². The zero-order valence-corrected chi connectivity index (χ0v) is 17.3. The second-order valence-electron chi connectivity index (χ2n) is 5.91. The number of halogens is 1. The number of benzene rings is 1. The van der Waals surface area contributed by atoms with Gasteiger partial charge in [0.15, 0.2) is 5.13 Å². The Morgan fingerprint density at radius 1 is 1.25 bits per heavy atom. The summed E-state index contributed by atoms with van der Waals surface area (Å²) >= 11 is 4.60. The number of carbonyl (C=O) groups is 3. The molecule has 2 aromatic rings. The predicted octanol–water partition coefficient (Wildman–Crippen LogP) is 4.25. The molecule has 0 unspecified atom stereocenters. The summed E-state index contributed by atoms with van der Waals surface area (Å²) in [6.45, 7) is 5.31. The van der Waals surface area contributed by atoms with Crippen molar-refractivity contribution in [3.05, 3.63) is 75.8 Å². The van der Waals surface area contributed by atoms with E-state index in [-0.39, 0.29) is 6.54 Å². The van der Waals surface area contributed by atoms with Crippen molar-refractivity contribution in [1.82, 2.24) is 9.88 Å². The highest BCUT2D eigenvalue weighted by molar-refractivity contribution is 9.11. The first-order valence-corrected chi connectivity index (χ1v) is 9.95. The maximum Gasteiger partial charge on any atom is 0.262 e. The molecule has 1 aromatic carbocycles. The number of hydrogen-bond donors (Lipinski definition) is 1. The molecule has 6 nitrogen and oxygen atoms in total. The van der Waals surface area contributed by atoms with Crippen LogP contribution in [0.4, 0.5) is 5.13 Å². The molecule has 28 heavy (non-hydrogen) atoms. The smallest absolute Gasteiger partial charge is 0.262 e. The molecule has 142 valence electrons. The van der Waals surface area contributed by atoms with E-state index in [4.69, 9.17) is 0 Å². The van der Waals surface area contributed by atoms with E-state index in [0.717, 1.165) is 15.0 Å². The minimum atomic E-state index is -0.490. The summed E-state index contributed by atoms with van der Waals surface area (Å²) in [5.74, 6) is -1.43. The van der Waals surface area contributed by atoms with Crippen molar-refractivity contribution >= 4 is 55.7 Å². The second-order valence-corrected chi connectivity index (χ2v) is 8.02. The SMILES string of the molecule is C=CC(=CC=C(C)Br)c1csc(NC(=O)CN2C(=O)c3ccccc3C2=O)n1. The van der Waals surface area contributed by atoms with Gasteiger partial charge in [-0.15, -0.1) is 11.3 Å². The maximum absolute atomic E-state index is 12.3. The van der Waals surface area contributed by atoms with Crippen molar-refractivity contribution in [2.24, 2.45) is 0 Å². The lowest BCUT2D eigenvalue weighted by Crippen LogP contribution is -2.37. The number of anilines is 1. The van der Waals surface area contributed by atoms with Crippen molar-refractivity contribution in [3.8, 4) is 0 Å². The number of allylic oxidation sites excluding steroid dienone is 5. The van der Waals surface area contributed by atoms with Gasteiger partial charge < -0.3 is 5.32 Å². The molecule has 1 N–H and O–H groups in total. The molecule has 1 aromatic heterocycles. The van der Waals surface area contributed by atoms with E-state index < -0.39 is 17.7 Å². The van der Waals surface area contributed by atoms with Crippen LogP contribution in [0.25, 0.3) is 5.57 Å². The molecular formula is C20H16BrN3O3S. The molecule has 8 heteroatoms. The Bertz CT molecular complexity index is 1000. The van der Waals surface area contributed by atoms with Gasteiger partial charge in [-0.25, -0.2) is 4.98 Å². The van der Waals surface area contributed by atoms with Gasteiger partial charge in [0, 0.05) is 11.0 Å². The van der Waals surface area contributed by atoms with E-state index in [1.807, 2.05) is 19.1 Å². The predicted molar refractivity (Wildman–Crippen MR) is 113 cm³/mol. The largest absolute Gasteiger partial charge is 0.300 e. The average molecular weight is 458 g/mol. The fourth-order valence-electron chi connectivity index (χ4n) is 2.61. The summed E-state index contributed by atoms with van der Waals surface area (Å²) in [5.41, 5.74) is 2.09. The highest BCUT2D eigenvalue weighted by Crippen LogP contribution is 2.24. The summed E-state index contributed by atoms with van der Waals surface area (Å²) in [7, 11) is 0. The average Bonchev–Trinajstić information content (AvgIpc) is 3.21. The molecule has 1 aliphatic heterocycles. The molecule has 0 bridgehead atoms. The molecule has 3 amide bonds. The summed E-state index contributed by atoms with van der Waals surface area (Å²) in [6.07, 6.45) is 5.40. The van der Waals surface area contributed by atoms with Crippen molar-refractivity contribution in [3.63, 3.8) is 0 Å². The van der Waals surface area contributed by atoms with Gasteiger partial charge in [0.05, 0.1) is 16.8 Å². The Hall–Kier alpha value is -2.84. The third-order valence-electron chi connectivity index (χ3n) is 3.94. The lowest BCUT2D eigenvalue weighted by Gasteiger charge is -2.12. The first-order chi connectivity index (χ1) is 13.4. The summed E-state index contributed by atoms with van der Waals surface area (Å²) in [6, 6.07) is 6.52. The van der Waals surface area contributed by atoms with Crippen molar-refractivity contribution < 1.29 is 14.4 Å². The molecule has 0 fully saturated rings. The van der Waals surface area contributed by atoms with Crippen LogP contribution in [0.2, 0.25) is 0 Å². The van der Waals surface area contributed by atoms with Gasteiger partial charge in [-0.3, -0.25) is 19.3 Å². The molecule has 0 saturated heterocycles. The third-order valence-corrected chi connectivity index (χ3v) is 4.96. The molecule has 1 aliphatic rings. The lowest BCUT2D eigenvalue weighted by atomic mass is 10.1. The Labute approximate surface area is 174 Å². The van der Waals surface area contributed by atoms with Crippen molar-refractivity contribution in [2.45, 2.75) is 6.92 Å². The highest BCUT2D eigenvalue weighted by Gasteiger charge is 2.36. The van der Waals surface area contributed by atoms with Gasteiger partial charge in [0.1, 0.15) is 6.54 Å². The van der Waals surface area contributed by atoms with E-state index in [0.29, 0.717) is 22.0 Å². The van der Waals surface area contributed by atoms with Crippen molar-refractivity contribution in [1.29, 1.82) is 0 Å². The number of rotatable bonds is 6. The number of nitrogens with one attached hydrogen (secondary N) is 1. The fraction of sp³-hybridized carbons (Fsp3) is 0.100. The van der Waals surface area contributed by atoms with E-state index in [1.165, 1.54) is 11.3 Å². The summed E-state index contributed by atoms with van der Waals surface area (Å²) in [5, 5.41) is 4.81. The Morgan fingerprint density at radius 2 is 1.89 bits per heavy atom. The maximum atomic E-state index is 12.3. The van der Waals surface area contributed by atoms with E-state index in [1.54, 1.807) is 35.7 Å². The van der Waals surface area contributed by atoms with E-state index in [2.05, 4.69) is 32.8 Å². The molecule has 0 radical (unpaired) electrons. The number of hydrogen-bond acceptors (Lipinski definition) is 5. The van der Waals surface area contributed by atoms with Gasteiger partial charge >= 0.3 is 0 Å². The number of imide groups is 1. The standard InChI is InChI=1S/C20H16BrN3O3S/c1-3-13(9-8-12(2)21)16-11-28-20(22-16)23-17(25)10-24-18(26)14-6-4-5-7-15(14)19(24)27/h3-9,11H,1,10H2,2H3,(H,22,23,25). The minimum absolute atomic E-state index is 0.313. The van der Waals surface area contributed by atoms with E-state index >= 15 is 0 Å². The summed E-state index contributed by atoms with van der Waals surface area (Å²) < 4.78 is 0.955. The van der Waals surface area contributed by atoms with Gasteiger partial charge in [-0.1, -0.05) is 52.9 Å². The van der Waals surface area contributed by atoms with Crippen LogP contribution in [0.5, 0.6) is 0 Å². The third kappa shape index (κ3) is 4.18. The van der Waals surface area contributed by atoms with Crippen LogP contribution < -0.4 is 5.32 Å². The van der Waals surface area contributed by atoms with Crippen LogP contribution in [0.15, 0.2) is 58.9 Å². The monoisotopic (exact) mass is 457 g/mol. The topological polar surface area (TPSA) is 79.4 Å². The van der Waals surface area contributed by atoms with Crippen LogP contribution >= 0.6 is 27.3 Å². The normalized spacial score (nSPS) is 14.3. The van der Waals surface area contributed by atoms with Gasteiger partial charge in [0.25, 0.3) is 11.8 Å². The number of aromatic nitrogens is 1. The number of fused-ring (bicyclic) bond motifs is 1. The van der Waals surface area contributed by atoms with E-state index in [9.17, 15) is 14.4 Å². The Morgan fingerprint density at radius 3 is 2.46 bits per heavy atom. The lowest BCUT2D eigenvalue weighted by molar-refractivity contribution is -0.116. The van der Waals surface area contributed by atoms with Gasteiger partial charge in [0.2, 0.25) is 5.91 Å². The van der Waals surface area contributed by atoms with Gasteiger partial charge in [-0.05, 0) is 23.5 Å². The number of carbonyl (C=O) groups excluding carboxylic acids is 3. The zero-order valence-electron chi connectivity index (χ0n) is 14.9. The first-order valence-electron chi connectivity index (χ1n) is 8.28. The Balaban J connectivity index is 1.68. The zero-order chi connectivity index (χ0) is 20.3. The fourth-order valence-corrected chi connectivity index (χ4v) is 3.48. The van der Waals surface area contributed by atoms with Crippen LogP contribution in [-0.2, 0) is 4.79 Å². The highest BCUT2D eigenvalue weighted by atomic mass is 79.9. The Kier molecular flexibility index (Phi) is 6.01. The van der Waals surface area contributed by atoms with Crippen LogP contribution in [0, 0.1) is 0 Å². The van der Waals surface area contributed by atoms with Crippen LogP contribution in [-0.4, -0.2) is 34.2 Å². The number of nitrogens with zero attached hydrogens (tertiary/aromatic N) is 2. The molecule has 0 atom stereocenters. The first kappa shape index (κ1) is 19.9. The second kappa shape index (κ2) is 8.45. The number of thiazole rings is 1. The molecule has 0 spiro atoms. The molecule has 2 heterocycles. The van der Waals surface area contributed by atoms with Crippen LogP contribution in [0.3, 0.4) is 0 Å². The van der Waals surface area contributed by atoms with Gasteiger partial charge in [-0.2, -0.15) is 0 Å². The van der Waals surface area contributed by atoms with Crippen LogP contribution in [0.1, 0.15) is 33.3 Å². The molecule has 0 saturated carbocycles. The molecule has 3 rings (SSSR count). The quantitative estimate of drug-likeness (QED) is 0.519. The molecule has 0 aliphatic carbocycles. The minimum Gasteiger partial charge on any atom is -0.300 e.